The summed E-state index contributed by atoms with van der Waals surface area (Å²) in [5.74, 6) is -14.2. The number of aromatic carboxylic acids is 1. The molecule has 1 N–H and O–H groups in total. The maximum atomic E-state index is 13.6. The van der Waals surface area contributed by atoms with Crippen molar-refractivity contribution in [3.05, 3.63) is 139 Å². The van der Waals surface area contributed by atoms with Gasteiger partial charge >= 0.3 is 124 Å². The molecular formula is C69H52Mn2N8O30. The Balaban J connectivity index is 0.000000299. The van der Waals surface area contributed by atoms with Crippen molar-refractivity contribution in [3.8, 4) is 0 Å². The van der Waals surface area contributed by atoms with E-state index in [0.29, 0.717) is 0 Å². The van der Waals surface area contributed by atoms with E-state index in [1.54, 1.807) is 0 Å². The molecule has 16 bridgehead atoms. The zero-order valence-corrected chi connectivity index (χ0v) is 59.7. The first-order valence-electron chi connectivity index (χ1n) is 30.5. The van der Waals surface area contributed by atoms with Crippen LogP contribution in [-0.4, -0.2) is 162 Å². The molecule has 0 saturated carbocycles. The van der Waals surface area contributed by atoms with Gasteiger partial charge in [-0.25, -0.2) is 58.3 Å². The molecule has 6 aromatic heterocycles. The molecule has 562 valence electrons. The van der Waals surface area contributed by atoms with Gasteiger partial charge in [-0.1, -0.05) is 48.5 Å². The molecule has 0 unspecified atom stereocenters. The van der Waals surface area contributed by atoms with Crippen LogP contribution < -0.4 is 19.9 Å². The molecular weight excluding hydrogens is 1530 g/mol. The van der Waals surface area contributed by atoms with E-state index in [4.69, 9.17) is 66.3 Å². The van der Waals surface area contributed by atoms with Crippen molar-refractivity contribution in [1.82, 2.24) is 39.9 Å². The Morgan fingerprint density at radius 1 is 0.239 bits per heavy atom. The fourth-order valence-corrected chi connectivity index (χ4v) is 9.52. The molecule has 109 heavy (non-hydrogen) atoms. The van der Waals surface area contributed by atoms with Crippen LogP contribution in [0.1, 0.15) is 177 Å². The number of ether oxygens (including phenoxy) is 14. The third-order valence-corrected chi connectivity index (χ3v) is 14.0. The number of hydrogen-bond acceptors (Lipinski definition) is 33. The molecule has 10 rings (SSSR count). The zero-order chi connectivity index (χ0) is 77.3. The van der Waals surface area contributed by atoms with Crippen molar-refractivity contribution < 1.29 is 177 Å². The number of carboxylic acid groups (broad SMARTS) is 1. The Labute approximate surface area is 631 Å². The maximum absolute atomic E-state index is 13.6. The van der Waals surface area contributed by atoms with Crippen LogP contribution in [0.25, 0.3) is 92.7 Å². The third kappa shape index (κ3) is 20.8. The van der Waals surface area contributed by atoms with E-state index >= 15 is 0 Å². The summed E-state index contributed by atoms with van der Waals surface area (Å²) < 4.78 is 69.2. The normalized spacial score (nSPS) is 11.1. The van der Waals surface area contributed by atoms with Crippen molar-refractivity contribution >= 4 is 182 Å². The minimum Gasteiger partial charge on any atom is -0.656 e. The predicted molar refractivity (Wildman–Crippen MR) is 355 cm³/mol. The van der Waals surface area contributed by atoms with E-state index in [0.717, 1.165) is 48.5 Å². The summed E-state index contributed by atoms with van der Waals surface area (Å²) in [5, 5.41) is 10.2. The summed E-state index contributed by atoms with van der Waals surface area (Å²) in [6.45, 7) is 2.20. The van der Waals surface area contributed by atoms with E-state index < -0.39 is 143 Å². The summed E-state index contributed by atoms with van der Waals surface area (Å²) in [7, 11) is 0. The van der Waals surface area contributed by atoms with Crippen molar-refractivity contribution in [1.29, 1.82) is 0 Å². The molecule has 0 fully saturated rings. The molecule has 4 aliphatic heterocycles. The van der Waals surface area contributed by atoms with Gasteiger partial charge < -0.3 is 91.4 Å². The average molecular weight is 1580 g/mol. The number of carboxylic acids is 1. The van der Waals surface area contributed by atoms with Crippen LogP contribution in [0.2, 0.25) is 0 Å². The summed E-state index contributed by atoms with van der Waals surface area (Å²) in [6.07, 6.45) is 10.5. The van der Waals surface area contributed by atoms with Crippen LogP contribution >= 0.6 is 0 Å². The van der Waals surface area contributed by atoms with Crippen molar-refractivity contribution in [2.45, 2.75) is 48.5 Å². The number of carbonyl (C=O) groups is 15. The molecule has 0 amide bonds. The van der Waals surface area contributed by atoms with Gasteiger partial charge in [0, 0.05) is 48.5 Å². The Bertz CT molecular complexity index is 4920. The molecule has 38 nitrogen and oxygen atoms in total. The smallest absolute Gasteiger partial charge is 0.656 e. The molecule has 6 aromatic rings. The first-order chi connectivity index (χ1) is 51.1. The van der Waals surface area contributed by atoms with Gasteiger partial charge in [0.05, 0.1) is 90.1 Å². The molecule has 0 aliphatic carbocycles. The van der Waals surface area contributed by atoms with Gasteiger partial charge in [-0.2, -0.15) is 0 Å². The topological polar surface area (TPSA) is 513 Å². The van der Waals surface area contributed by atoms with Crippen LogP contribution in [0.3, 0.4) is 0 Å². The molecule has 2 radical (unpaired) electrons. The first-order valence-corrected chi connectivity index (χ1v) is 30.5. The SMILES string of the molecule is CC(=O)OCOC(=O)c1c2nc(c(C(=O)OCOC(C)=O)c3ccc([n-]3)c(C(=O)OCOC(C)=O)c3nc(c(C(=O)O)c4ccc1[n-]4)C=C3)C=C2.CC(=O)OCOC(=O)c1c2nc(c(C(=O)OCOC(C)=O)c3ccc([n-]3)c(C(=O)OCOC(C)=O)c3nc(c(C(=O)OCOC(C)=O)c4ccc1[n-]4)C=C3)C=C2.[Mn+2].[Mn+2]. The van der Waals surface area contributed by atoms with Crippen molar-refractivity contribution in [2.24, 2.45) is 0 Å². The second-order valence-electron chi connectivity index (χ2n) is 21.3. The van der Waals surface area contributed by atoms with Crippen LogP contribution in [0.5, 0.6) is 0 Å². The van der Waals surface area contributed by atoms with E-state index in [9.17, 15) is 77.0 Å². The fraction of sp³-hybridized carbons (Fsp3) is 0.203. The number of nitrogens with zero attached hydrogens (tertiary/aromatic N) is 8. The Morgan fingerprint density at radius 2 is 0.367 bits per heavy atom. The van der Waals surface area contributed by atoms with Crippen LogP contribution in [-0.2, 0) is 134 Å². The van der Waals surface area contributed by atoms with Gasteiger partial charge in [0.1, 0.15) is 0 Å². The number of aromatic nitrogens is 8. The summed E-state index contributed by atoms with van der Waals surface area (Å²) in [6, 6.07) is 10.5. The van der Waals surface area contributed by atoms with Crippen LogP contribution in [0.15, 0.2) is 48.5 Å². The number of esters is 14. The molecule has 4 aliphatic rings. The van der Waals surface area contributed by atoms with Gasteiger partial charge in [0.2, 0.25) is 47.6 Å². The van der Waals surface area contributed by atoms with Gasteiger partial charge in [0.15, 0.2) is 0 Å². The summed E-state index contributed by atoms with van der Waals surface area (Å²) in [4.78, 5) is 222. The summed E-state index contributed by atoms with van der Waals surface area (Å²) >= 11 is 0. The van der Waals surface area contributed by atoms with Gasteiger partial charge in [-0.05, 0) is 48.6 Å². The molecule has 40 heteroatoms. The Kier molecular flexibility index (Phi) is 28.3. The minimum atomic E-state index is -1.46. The predicted octanol–water partition coefficient (Wildman–Crippen LogP) is 5.26. The minimum absolute atomic E-state index is 0. The molecule has 10 heterocycles. The number of carbonyl (C=O) groups excluding carboxylic acids is 14. The number of hydrogen-bond donors (Lipinski definition) is 1. The zero-order valence-electron chi connectivity index (χ0n) is 57.3. The molecule has 0 spiro atoms. The average Bonchev–Trinajstić information content (AvgIpc) is 1.63. The Hall–Kier alpha value is -13.7. The van der Waals surface area contributed by atoms with E-state index in [2.05, 4.69) is 39.9 Å². The van der Waals surface area contributed by atoms with Gasteiger partial charge in [0.25, 0.3) is 0 Å². The fourth-order valence-electron chi connectivity index (χ4n) is 9.52. The van der Waals surface area contributed by atoms with E-state index in [1.165, 1.54) is 97.1 Å². The second-order valence-corrected chi connectivity index (χ2v) is 21.3. The van der Waals surface area contributed by atoms with Gasteiger partial charge in [-0.15, -0.1) is 44.1 Å². The second kappa shape index (κ2) is 37.3. The maximum Gasteiger partial charge on any atom is 2.00 e. The largest absolute Gasteiger partial charge is 2.00 e. The molecule has 0 aromatic carbocycles. The molecule has 0 atom stereocenters. The standard InChI is InChI=1S/C36H29N4O16.C33H26N4O14.2Mn/c1-17(41)49-13-53-33(45)29-21-5-7-23(37-21)30(34(46)54-14-50-18(2)42)25-9-11-27(39-25)32(36(48)56-16-52-20(4)44)28-12-10-26(40-28)31(24-8-6-22(29)38-24)35(47)55-15-51-19(3)43;1-15(38)46-12-49-31(43)27-20-6-4-18(34-20)26(30(41)42)19-5-7-21(35-19)28(32(44)50-13-47-16(2)39)23-9-11-25(37-23)29(24-10-8-22(27)36-24)33(45)51-14-48-17(3)40;;/h5-12H,13-16H2,1-4H3,(H-,37,38,39,40,45,46,47,48);4-11H,12-14H2,1-3H3,(H3,34,35,36,37,41,42,43,44,45);;/q-1;;2*+2/p-3. The van der Waals surface area contributed by atoms with Crippen LogP contribution in [0, 0.1) is 0 Å². The van der Waals surface area contributed by atoms with Crippen LogP contribution in [0.4, 0.5) is 0 Å². The first kappa shape index (κ1) is 82.6. The van der Waals surface area contributed by atoms with E-state index in [1.807, 2.05) is 0 Å². The van der Waals surface area contributed by atoms with E-state index in [-0.39, 0.29) is 163 Å². The molecule has 0 saturated heterocycles. The van der Waals surface area contributed by atoms with Gasteiger partial charge in [-0.3, -0.25) is 33.6 Å². The summed E-state index contributed by atoms with van der Waals surface area (Å²) in [5.41, 5.74) is -4.63. The quantitative estimate of drug-likeness (QED) is 0.0391. The Morgan fingerprint density at radius 3 is 0.495 bits per heavy atom. The van der Waals surface area contributed by atoms with Crippen molar-refractivity contribution in [3.63, 3.8) is 0 Å². The monoisotopic (exact) mass is 1580 g/mol. The number of rotatable bonds is 22. The van der Waals surface area contributed by atoms with Crippen molar-refractivity contribution in [2.75, 3.05) is 47.6 Å². The third-order valence-electron chi connectivity index (χ3n) is 14.0. The number of fused-ring (bicyclic) bond motifs is 16.